The van der Waals surface area contributed by atoms with Crippen molar-refractivity contribution in [3.05, 3.63) is 33.4 Å². The van der Waals surface area contributed by atoms with Crippen LogP contribution < -0.4 is 0 Å². The molecule has 82 valence electrons. The Morgan fingerprint density at radius 2 is 1.93 bits per heavy atom. The SMILES string of the molecule is CC(C)OCC(=O)Cc1ccc(I)cc1. The molecule has 0 radical (unpaired) electrons. The molecule has 15 heavy (non-hydrogen) atoms. The second-order valence-electron chi connectivity index (χ2n) is 3.70. The maximum Gasteiger partial charge on any atom is 0.162 e. The highest BCUT2D eigenvalue weighted by Crippen LogP contribution is 2.07. The van der Waals surface area contributed by atoms with Crippen LogP contribution in [0.15, 0.2) is 24.3 Å². The molecule has 0 spiro atoms. The van der Waals surface area contributed by atoms with Crippen LogP contribution in [0.3, 0.4) is 0 Å². The van der Waals surface area contributed by atoms with Gasteiger partial charge in [0.05, 0.1) is 6.10 Å². The van der Waals surface area contributed by atoms with Crippen LogP contribution in [0.2, 0.25) is 0 Å². The van der Waals surface area contributed by atoms with Gasteiger partial charge in [-0.3, -0.25) is 4.79 Å². The summed E-state index contributed by atoms with van der Waals surface area (Å²) in [6.07, 6.45) is 0.578. The first-order valence-electron chi connectivity index (χ1n) is 4.95. The Hall–Kier alpha value is -0.420. The number of hydrogen-bond donors (Lipinski definition) is 0. The number of carbonyl (C=O) groups excluding carboxylic acids is 1. The lowest BCUT2D eigenvalue weighted by molar-refractivity contribution is -0.124. The number of halogens is 1. The largest absolute Gasteiger partial charge is 0.371 e. The molecular formula is C12H15IO2. The van der Waals surface area contributed by atoms with Crippen molar-refractivity contribution in [2.75, 3.05) is 6.61 Å². The van der Waals surface area contributed by atoms with Crippen LogP contribution in [0.25, 0.3) is 0 Å². The molecule has 0 aromatic heterocycles. The molecule has 0 aliphatic carbocycles. The van der Waals surface area contributed by atoms with E-state index in [2.05, 4.69) is 22.6 Å². The first kappa shape index (κ1) is 12.6. The van der Waals surface area contributed by atoms with E-state index in [9.17, 15) is 4.79 Å². The molecule has 0 saturated heterocycles. The van der Waals surface area contributed by atoms with Gasteiger partial charge in [-0.1, -0.05) is 12.1 Å². The lowest BCUT2D eigenvalue weighted by Gasteiger charge is -2.06. The third-order valence-electron chi connectivity index (χ3n) is 1.89. The van der Waals surface area contributed by atoms with Gasteiger partial charge in [-0.15, -0.1) is 0 Å². The predicted octanol–water partition coefficient (Wildman–Crippen LogP) is 2.83. The molecule has 0 N–H and O–H groups in total. The number of carbonyl (C=O) groups is 1. The van der Waals surface area contributed by atoms with Crippen molar-refractivity contribution in [1.29, 1.82) is 0 Å². The van der Waals surface area contributed by atoms with Gasteiger partial charge in [0, 0.05) is 9.99 Å². The first-order valence-corrected chi connectivity index (χ1v) is 6.03. The van der Waals surface area contributed by atoms with Gasteiger partial charge in [0.1, 0.15) is 6.61 Å². The fourth-order valence-corrected chi connectivity index (χ4v) is 1.50. The summed E-state index contributed by atoms with van der Waals surface area (Å²) in [5.74, 6) is 0.130. The van der Waals surface area contributed by atoms with Crippen molar-refractivity contribution in [1.82, 2.24) is 0 Å². The van der Waals surface area contributed by atoms with E-state index in [4.69, 9.17) is 4.74 Å². The van der Waals surface area contributed by atoms with Gasteiger partial charge in [-0.05, 0) is 54.1 Å². The standard InChI is InChI=1S/C12H15IO2/c1-9(2)15-8-12(14)7-10-3-5-11(13)6-4-10/h3-6,9H,7-8H2,1-2H3. The number of hydrogen-bond acceptors (Lipinski definition) is 2. The van der Waals surface area contributed by atoms with E-state index < -0.39 is 0 Å². The fourth-order valence-electron chi connectivity index (χ4n) is 1.14. The number of rotatable bonds is 5. The van der Waals surface area contributed by atoms with Crippen LogP contribution in [0.5, 0.6) is 0 Å². The quantitative estimate of drug-likeness (QED) is 0.781. The average molecular weight is 318 g/mol. The second-order valence-corrected chi connectivity index (χ2v) is 4.95. The Balaban J connectivity index is 2.41. The second kappa shape index (κ2) is 6.23. The van der Waals surface area contributed by atoms with Crippen molar-refractivity contribution in [3.63, 3.8) is 0 Å². The lowest BCUT2D eigenvalue weighted by Crippen LogP contribution is -2.15. The van der Waals surface area contributed by atoms with Crippen molar-refractivity contribution in [3.8, 4) is 0 Å². The van der Waals surface area contributed by atoms with E-state index in [1.165, 1.54) is 3.57 Å². The topological polar surface area (TPSA) is 26.3 Å². The third-order valence-corrected chi connectivity index (χ3v) is 2.61. The molecule has 2 nitrogen and oxygen atoms in total. The summed E-state index contributed by atoms with van der Waals surface area (Å²) in [5.41, 5.74) is 1.05. The molecule has 1 aromatic rings. The van der Waals surface area contributed by atoms with Crippen molar-refractivity contribution < 1.29 is 9.53 Å². The summed E-state index contributed by atoms with van der Waals surface area (Å²) >= 11 is 2.25. The molecule has 0 aliphatic rings. The van der Waals surface area contributed by atoms with Gasteiger partial charge in [0.15, 0.2) is 5.78 Å². The maximum atomic E-state index is 11.5. The van der Waals surface area contributed by atoms with E-state index in [1.807, 2.05) is 38.1 Å². The van der Waals surface area contributed by atoms with Crippen LogP contribution in [0, 0.1) is 3.57 Å². The van der Waals surface area contributed by atoms with Crippen molar-refractivity contribution in [2.45, 2.75) is 26.4 Å². The summed E-state index contributed by atoms with van der Waals surface area (Å²) in [5, 5.41) is 0. The van der Waals surface area contributed by atoms with Crippen molar-refractivity contribution >= 4 is 28.4 Å². The van der Waals surface area contributed by atoms with E-state index in [0.29, 0.717) is 6.42 Å². The zero-order valence-electron chi connectivity index (χ0n) is 9.00. The Bertz CT molecular complexity index is 317. The Morgan fingerprint density at radius 1 is 1.33 bits per heavy atom. The van der Waals surface area contributed by atoms with Gasteiger partial charge < -0.3 is 4.74 Å². The summed E-state index contributed by atoms with van der Waals surface area (Å²) in [7, 11) is 0. The third kappa shape index (κ3) is 5.28. The molecule has 1 rings (SSSR count). The zero-order chi connectivity index (χ0) is 11.3. The minimum atomic E-state index is 0.116. The molecular weight excluding hydrogens is 303 g/mol. The van der Waals surface area contributed by atoms with Gasteiger partial charge >= 0.3 is 0 Å². The minimum Gasteiger partial charge on any atom is -0.371 e. The molecule has 0 aliphatic heterocycles. The summed E-state index contributed by atoms with van der Waals surface area (Å²) < 4.78 is 6.43. The molecule has 1 aromatic carbocycles. The van der Waals surface area contributed by atoms with Gasteiger partial charge in [-0.2, -0.15) is 0 Å². The van der Waals surface area contributed by atoms with Crippen molar-refractivity contribution in [2.24, 2.45) is 0 Å². The Kier molecular flexibility index (Phi) is 5.25. The van der Waals surface area contributed by atoms with Gasteiger partial charge in [0.25, 0.3) is 0 Å². The summed E-state index contributed by atoms with van der Waals surface area (Å²) in [6.45, 7) is 4.07. The summed E-state index contributed by atoms with van der Waals surface area (Å²) in [4.78, 5) is 11.5. The molecule has 0 atom stereocenters. The first-order chi connectivity index (χ1) is 7.08. The van der Waals surface area contributed by atoms with Crippen LogP contribution in [-0.2, 0) is 16.0 Å². The molecule has 0 bridgehead atoms. The minimum absolute atomic E-state index is 0.116. The van der Waals surface area contributed by atoms with Crippen LogP contribution in [0.4, 0.5) is 0 Å². The Labute approximate surface area is 104 Å². The highest BCUT2D eigenvalue weighted by Gasteiger charge is 2.04. The fraction of sp³-hybridized carbons (Fsp3) is 0.417. The van der Waals surface area contributed by atoms with E-state index >= 15 is 0 Å². The highest BCUT2D eigenvalue weighted by molar-refractivity contribution is 14.1. The molecule has 0 heterocycles. The predicted molar refractivity (Wildman–Crippen MR) is 69.0 cm³/mol. The smallest absolute Gasteiger partial charge is 0.162 e. The molecule has 3 heteroatoms. The average Bonchev–Trinajstić information content (AvgIpc) is 2.19. The number of Topliss-reactive ketones (excluding diaryl/α,β-unsaturated/α-hetero) is 1. The normalized spacial score (nSPS) is 10.7. The van der Waals surface area contributed by atoms with Crippen LogP contribution in [-0.4, -0.2) is 18.5 Å². The number of ketones is 1. The molecule has 0 unspecified atom stereocenters. The molecule has 0 fully saturated rings. The maximum absolute atomic E-state index is 11.5. The zero-order valence-corrected chi connectivity index (χ0v) is 11.2. The highest BCUT2D eigenvalue weighted by atomic mass is 127. The monoisotopic (exact) mass is 318 g/mol. The Morgan fingerprint density at radius 3 is 2.47 bits per heavy atom. The number of ether oxygens (including phenoxy) is 1. The summed E-state index contributed by atoms with van der Waals surface area (Å²) in [6, 6.07) is 7.98. The number of benzene rings is 1. The van der Waals surface area contributed by atoms with Gasteiger partial charge in [-0.25, -0.2) is 0 Å². The van der Waals surface area contributed by atoms with Crippen LogP contribution >= 0.6 is 22.6 Å². The van der Waals surface area contributed by atoms with Gasteiger partial charge in [0.2, 0.25) is 0 Å². The van der Waals surface area contributed by atoms with E-state index in [-0.39, 0.29) is 18.5 Å². The van der Waals surface area contributed by atoms with E-state index in [1.54, 1.807) is 0 Å². The van der Waals surface area contributed by atoms with Crippen LogP contribution in [0.1, 0.15) is 19.4 Å². The molecule has 0 saturated carbocycles. The van der Waals surface area contributed by atoms with E-state index in [0.717, 1.165) is 5.56 Å². The molecule has 0 amide bonds. The lowest BCUT2D eigenvalue weighted by atomic mass is 10.1.